The third-order valence-electron chi connectivity index (χ3n) is 4.40. The molecule has 1 aromatic heterocycles. The van der Waals surface area contributed by atoms with Crippen LogP contribution in [0.1, 0.15) is 30.9 Å². The van der Waals surface area contributed by atoms with Crippen molar-refractivity contribution in [1.82, 2.24) is 9.97 Å². The number of nitrogens with two attached hydrogens (primary N) is 1. The van der Waals surface area contributed by atoms with Crippen molar-refractivity contribution < 1.29 is 14.9 Å². The Morgan fingerprint density at radius 3 is 3.00 bits per heavy atom. The van der Waals surface area contributed by atoms with Gasteiger partial charge in [-0.05, 0) is 18.4 Å². The minimum atomic E-state index is -1.67. The number of ether oxygens (including phenoxy) is 1. The van der Waals surface area contributed by atoms with Crippen LogP contribution in [-0.4, -0.2) is 38.1 Å². The van der Waals surface area contributed by atoms with Crippen LogP contribution in [0.15, 0.2) is 39.9 Å². The SMILES string of the molecule is [N-]=[N+]=N[C@]1(CC2=CC=CCC2)O[C@H](c2cnc(=O)[nH]c2N)[C@H](O)[C@@H]1O. The summed E-state index contributed by atoms with van der Waals surface area (Å²) in [6.07, 6.45) is 4.65. The smallest absolute Gasteiger partial charge is 0.346 e. The van der Waals surface area contributed by atoms with Crippen molar-refractivity contribution in [3.05, 3.63) is 56.5 Å². The van der Waals surface area contributed by atoms with Gasteiger partial charge in [0.15, 0.2) is 5.72 Å². The first-order chi connectivity index (χ1) is 12.0. The molecule has 2 heterocycles. The molecule has 3 rings (SSSR count). The molecule has 1 aliphatic heterocycles. The number of hydrogen-bond acceptors (Lipinski definition) is 7. The molecule has 5 N–H and O–H groups in total. The molecule has 2 aliphatic rings. The molecule has 0 bridgehead atoms. The average Bonchev–Trinajstić information content (AvgIpc) is 2.82. The average molecular weight is 346 g/mol. The summed E-state index contributed by atoms with van der Waals surface area (Å²) in [4.78, 5) is 19.9. The Bertz CT molecular complexity index is 828. The third-order valence-corrected chi connectivity index (χ3v) is 4.40. The number of aromatic nitrogens is 2. The van der Waals surface area contributed by atoms with Crippen LogP contribution in [0.4, 0.5) is 5.82 Å². The predicted molar refractivity (Wildman–Crippen MR) is 88.1 cm³/mol. The summed E-state index contributed by atoms with van der Waals surface area (Å²) in [5.41, 5.74) is 13.5. The van der Waals surface area contributed by atoms with E-state index in [1.165, 1.54) is 6.20 Å². The molecule has 0 aromatic carbocycles. The number of H-pyrrole nitrogens is 1. The Hall–Kier alpha value is -2.65. The molecule has 4 atom stereocenters. The van der Waals surface area contributed by atoms with Crippen LogP contribution >= 0.6 is 0 Å². The van der Waals surface area contributed by atoms with Gasteiger partial charge in [-0.25, -0.2) is 9.78 Å². The quantitative estimate of drug-likeness (QED) is 0.357. The summed E-state index contributed by atoms with van der Waals surface area (Å²) in [5.74, 6) is -0.0344. The van der Waals surface area contributed by atoms with E-state index in [9.17, 15) is 15.0 Å². The van der Waals surface area contributed by atoms with Crippen LogP contribution in [0.5, 0.6) is 0 Å². The van der Waals surface area contributed by atoms with Crippen molar-refractivity contribution in [2.75, 3.05) is 5.73 Å². The zero-order valence-corrected chi connectivity index (χ0v) is 13.2. The van der Waals surface area contributed by atoms with E-state index >= 15 is 0 Å². The van der Waals surface area contributed by atoms with Gasteiger partial charge in [-0.3, -0.25) is 4.98 Å². The lowest BCUT2D eigenvalue weighted by molar-refractivity contribution is -0.0787. The zero-order valence-electron chi connectivity index (χ0n) is 13.2. The van der Waals surface area contributed by atoms with Crippen molar-refractivity contribution in [2.24, 2.45) is 5.11 Å². The Labute approximate surface area is 142 Å². The number of aliphatic hydroxyl groups is 2. The normalized spacial score (nSPS) is 31.4. The van der Waals surface area contributed by atoms with Gasteiger partial charge in [0.05, 0.1) is 0 Å². The van der Waals surface area contributed by atoms with Crippen molar-refractivity contribution >= 4 is 5.82 Å². The van der Waals surface area contributed by atoms with E-state index in [-0.39, 0.29) is 17.8 Å². The highest BCUT2D eigenvalue weighted by Crippen LogP contribution is 2.45. The summed E-state index contributed by atoms with van der Waals surface area (Å²) in [6.45, 7) is 0. The van der Waals surface area contributed by atoms with Crippen molar-refractivity contribution in [3.8, 4) is 0 Å². The minimum absolute atomic E-state index is 0.0344. The predicted octanol–water partition coefficient (Wildman–Crippen LogP) is 0.818. The van der Waals surface area contributed by atoms with Crippen molar-refractivity contribution in [2.45, 2.75) is 43.3 Å². The maximum absolute atomic E-state index is 11.2. The number of allylic oxidation sites excluding steroid dienone is 3. The zero-order chi connectivity index (χ0) is 18.0. The topological polar surface area (TPSA) is 170 Å². The van der Waals surface area contributed by atoms with Gasteiger partial charge in [-0.1, -0.05) is 28.9 Å². The van der Waals surface area contributed by atoms with Gasteiger partial charge in [0, 0.05) is 23.1 Å². The first-order valence-corrected chi connectivity index (χ1v) is 7.76. The van der Waals surface area contributed by atoms with Gasteiger partial charge in [0.2, 0.25) is 0 Å². The fraction of sp³-hybridized carbons (Fsp3) is 0.467. The first-order valence-electron chi connectivity index (χ1n) is 7.76. The first kappa shape index (κ1) is 17.2. The molecular weight excluding hydrogens is 328 g/mol. The van der Waals surface area contributed by atoms with E-state index in [1.807, 2.05) is 18.2 Å². The third kappa shape index (κ3) is 3.15. The van der Waals surface area contributed by atoms with Crippen molar-refractivity contribution in [3.63, 3.8) is 0 Å². The summed E-state index contributed by atoms with van der Waals surface area (Å²) >= 11 is 0. The second-order valence-corrected chi connectivity index (χ2v) is 6.03. The highest BCUT2D eigenvalue weighted by Gasteiger charge is 2.55. The summed E-state index contributed by atoms with van der Waals surface area (Å²) in [5, 5.41) is 24.6. The van der Waals surface area contributed by atoms with E-state index in [0.717, 1.165) is 18.4 Å². The van der Waals surface area contributed by atoms with Crippen LogP contribution in [0.3, 0.4) is 0 Å². The van der Waals surface area contributed by atoms with E-state index < -0.39 is 29.7 Å². The molecule has 1 aromatic rings. The van der Waals surface area contributed by atoms with Gasteiger partial charge < -0.3 is 20.7 Å². The number of nitrogens with one attached hydrogen (secondary N) is 1. The van der Waals surface area contributed by atoms with E-state index in [2.05, 4.69) is 20.0 Å². The lowest BCUT2D eigenvalue weighted by atomic mass is 9.91. The van der Waals surface area contributed by atoms with Crippen molar-refractivity contribution in [1.29, 1.82) is 0 Å². The molecule has 10 heteroatoms. The second kappa shape index (κ2) is 6.69. The van der Waals surface area contributed by atoms with Crippen LogP contribution in [0.25, 0.3) is 10.4 Å². The molecule has 0 radical (unpaired) electrons. The van der Waals surface area contributed by atoms with Gasteiger partial charge in [0.25, 0.3) is 0 Å². The Kier molecular flexibility index (Phi) is 4.60. The second-order valence-electron chi connectivity index (χ2n) is 6.03. The highest BCUT2D eigenvalue weighted by molar-refractivity contribution is 5.40. The Balaban J connectivity index is 1.97. The van der Waals surface area contributed by atoms with E-state index in [1.54, 1.807) is 0 Å². The fourth-order valence-corrected chi connectivity index (χ4v) is 3.15. The molecule has 0 saturated carbocycles. The molecule has 0 unspecified atom stereocenters. The highest BCUT2D eigenvalue weighted by atomic mass is 16.6. The Morgan fingerprint density at radius 2 is 2.36 bits per heavy atom. The monoisotopic (exact) mass is 346 g/mol. The molecule has 132 valence electrons. The lowest BCUT2D eigenvalue weighted by Gasteiger charge is -2.28. The number of aliphatic hydroxyl groups excluding tert-OH is 2. The summed E-state index contributed by atoms with van der Waals surface area (Å²) in [6, 6.07) is 0. The minimum Gasteiger partial charge on any atom is -0.387 e. The fourth-order valence-electron chi connectivity index (χ4n) is 3.15. The molecule has 25 heavy (non-hydrogen) atoms. The van der Waals surface area contributed by atoms with Crippen LogP contribution < -0.4 is 11.4 Å². The van der Waals surface area contributed by atoms with Gasteiger partial charge >= 0.3 is 5.69 Å². The van der Waals surface area contributed by atoms with E-state index in [4.69, 9.17) is 16.0 Å². The molecule has 0 amide bonds. The van der Waals surface area contributed by atoms with Gasteiger partial charge in [-0.2, -0.15) is 0 Å². The number of anilines is 1. The molecule has 1 saturated heterocycles. The number of nitrogen functional groups attached to an aromatic ring is 1. The molecular formula is C15H18N6O4. The van der Waals surface area contributed by atoms with Gasteiger partial charge in [-0.15, -0.1) is 0 Å². The number of nitrogens with zero attached hydrogens (tertiary/aromatic N) is 4. The molecule has 10 nitrogen and oxygen atoms in total. The number of azide groups is 1. The number of aromatic amines is 1. The maximum Gasteiger partial charge on any atom is 0.346 e. The van der Waals surface area contributed by atoms with Crippen LogP contribution in [-0.2, 0) is 4.74 Å². The molecule has 1 fully saturated rings. The maximum atomic E-state index is 11.2. The summed E-state index contributed by atoms with van der Waals surface area (Å²) < 4.78 is 5.80. The van der Waals surface area contributed by atoms with Crippen LogP contribution in [0, 0.1) is 0 Å². The lowest BCUT2D eigenvalue weighted by Crippen LogP contribution is -2.41. The molecule has 0 spiro atoms. The number of rotatable bonds is 4. The standard InChI is InChI=1S/C15H18N6O4/c16-13-9(7-18-14(24)19-13)11-10(22)12(23)15(25-11,20-21-17)6-8-4-2-1-3-5-8/h1-2,4,7,10-12,22-23H,3,5-6H2,(H3,16,18,19,24)/t10-,11+,12-,15+/m0/s1. The van der Waals surface area contributed by atoms with Crippen LogP contribution in [0.2, 0.25) is 0 Å². The largest absolute Gasteiger partial charge is 0.387 e. The van der Waals surface area contributed by atoms with E-state index in [0.29, 0.717) is 0 Å². The van der Waals surface area contributed by atoms with Gasteiger partial charge in [0.1, 0.15) is 24.1 Å². The molecule has 1 aliphatic carbocycles. The summed E-state index contributed by atoms with van der Waals surface area (Å²) in [7, 11) is 0. The Morgan fingerprint density at radius 1 is 1.56 bits per heavy atom. The number of hydrogen-bond donors (Lipinski definition) is 4.